The van der Waals surface area contributed by atoms with Gasteiger partial charge >= 0.3 is 0 Å². The zero-order valence-corrected chi connectivity index (χ0v) is 10.6. The van der Waals surface area contributed by atoms with Gasteiger partial charge in [0.15, 0.2) is 0 Å². The molecule has 2 nitrogen and oxygen atoms in total. The van der Waals surface area contributed by atoms with Crippen molar-refractivity contribution in [3.63, 3.8) is 0 Å². The Morgan fingerprint density at radius 1 is 1.36 bits per heavy atom. The van der Waals surface area contributed by atoms with Gasteiger partial charge < -0.3 is 0 Å². The van der Waals surface area contributed by atoms with E-state index in [1.165, 1.54) is 0 Å². The first kappa shape index (κ1) is 13.6. The van der Waals surface area contributed by atoms with Crippen molar-refractivity contribution >= 4 is 5.78 Å². The van der Waals surface area contributed by atoms with Crippen molar-refractivity contribution in [2.75, 3.05) is 20.1 Å². The van der Waals surface area contributed by atoms with Crippen molar-refractivity contribution in [1.82, 2.24) is 4.90 Å². The molecule has 0 saturated heterocycles. The molecule has 2 heteroatoms. The molecule has 0 aliphatic heterocycles. The normalized spacial score (nSPS) is 14.5. The minimum atomic E-state index is 0.206. The first-order chi connectivity index (χ1) is 6.26. The minimum absolute atomic E-state index is 0.206. The van der Waals surface area contributed by atoms with E-state index in [9.17, 15) is 4.79 Å². The predicted octanol–water partition coefficient (Wildman–Crippen LogP) is 2.58. The topological polar surface area (TPSA) is 20.3 Å². The summed E-state index contributed by atoms with van der Waals surface area (Å²) in [6.07, 6.45) is 0.947. The number of likely N-dealkylation sites (N-methyl/N-ethyl adjacent to an activating group) is 1. The summed E-state index contributed by atoms with van der Waals surface area (Å²) in [4.78, 5) is 13.7. The van der Waals surface area contributed by atoms with E-state index in [0.29, 0.717) is 12.3 Å². The lowest BCUT2D eigenvalue weighted by atomic mass is 9.95. The average molecular weight is 199 g/mol. The maximum atomic E-state index is 11.6. The van der Waals surface area contributed by atoms with Crippen LogP contribution in [0.25, 0.3) is 0 Å². The van der Waals surface area contributed by atoms with E-state index in [2.05, 4.69) is 32.6 Å². The fraction of sp³-hybridized carbons (Fsp3) is 0.917. The zero-order valence-electron chi connectivity index (χ0n) is 10.6. The summed E-state index contributed by atoms with van der Waals surface area (Å²) < 4.78 is 0. The molecule has 0 N–H and O–H groups in total. The molecule has 0 heterocycles. The Labute approximate surface area is 88.7 Å². The lowest BCUT2D eigenvalue weighted by Crippen LogP contribution is -2.35. The molecule has 0 amide bonds. The van der Waals surface area contributed by atoms with Gasteiger partial charge in [0.25, 0.3) is 0 Å². The number of carbonyl (C=O) groups excluding carboxylic acids is 1. The van der Waals surface area contributed by atoms with E-state index in [1.807, 2.05) is 14.0 Å². The molecular formula is C12H25NO. The number of carbonyl (C=O) groups is 1. The first-order valence-electron chi connectivity index (χ1n) is 5.47. The van der Waals surface area contributed by atoms with Crippen LogP contribution in [0.1, 0.15) is 41.0 Å². The Bertz CT molecular complexity index is 181. The Morgan fingerprint density at radius 3 is 2.21 bits per heavy atom. The summed E-state index contributed by atoms with van der Waals surface area (Å²) in [5.74, 6) is 0.566. The average Bonchev–Trinajstić information content (AvgIpc) is 1.99. The third kappa shape index (κ3) is 6.14. The van der Waals surface area contributed by atoms with Gasteiger partial charge in [-0.05, 0) is 18.9 Å². The highest BCUT2D eigenvalue weighted by atomic mass is 16.1. The van der Waals surface area contributed by atoms with Crippen LogP contribution >= 0.6 is 0 Å². The van der Waals surface area contributed by atoms with Crippen molar-refractivity contribution in [3.8, 4) is 0 Å². The fourth-order valence-corrected chi connectivity index (χ4v) is 1.52. The van der Waals surface area contributed by atoms with Crippen LogP contribution in [-0.2, 0) is 4.79 Å². The molecule has 0 saturated carbocycles. The van der Waals surface area contributed by atoms with E-state index < -0.39 is 0 Å². The Hall–Kier alpha value is -0.370. The number of Topliss-reactive ketones (excluding diaryl/α,β-unsaturated/α-hetero) is 1. The molecule has 14 heavy (non-hydrogen) atoms. The molecule has 0 aliphatic carbocycles. The summed E-state index contributed by atoms with van der Waals surface area (Å²) in [5, 5.41) is 0. The van der Waals surface area contributed by atoms with Crippen LogP contribution in [0.3, 0.4) is 0 Å². The molecule has 1 unspecified atom stereocenters. The van der Waals surface area contributed by atoms with Gasteiger partial charge in [-0.1, -0.05) is 34.6 Å². The number of rotatable bonds is 5. The summed E-state index contributed by atoms with van der Waals surface area (Å²) in [6, 6.07) is 0. The van der Waals surface area contributed by atoms with Gasteiger partial charge in [-0.25, -0.2) is 0 Å². The van der Waals surface area contributed by atoms with Crippen LogP contribution in [0.15, 0.2) is 0 Å². The van der Waals surface area contributed by atoms with Crippen molar-refractivity contribution < 1.29 is 4.79 Å². The number of hydrogen-bond donors (Lipinski definition) is 0. The van der Waals surface area contributed by atoms with E-state index in [1.54, 1.807) is 0 Å². The van der Waals surface area contributed by atoms with Crippen LogP contribution < -0.4 is 0 Å². The van der Waals surface area contributed by atoms with E-state index in [4.69, 9.17) is 0 Å². The molecule has 0 aromatic rings. The van der Waals surface area contributed by atoms with Crippen LogP contribution in [0.5, 0.6) is 0 Å². The first-order valence-corrected chi connectivity index (χ1v) is 5.47. The van der Waals surface area contributed by atoms with Gasteiger partial charge in [0, 0.05) is 12.5 Å². The van der Waals surface area contributed by atoms with Crippen molar-refractivity contribution in [3.05, 3.63) is 0 Å². The van der Waals surface area contributed by atoms with Gasteiger partial charge in [-0.2, -0.15) is 0 Å². The second-order valence-electron chi connectivity index (χ2n) is 5.51. The fourth-order valence-electron chi connectivity index (χ4n) is 1.52. The standard InChI is InChI=1S/C12H25NO/c1-7-10(2)11(14)8-13(6)9-12(3,4)5/h10H,7-9H2,1-6H3. The molecule has 0 bridgehead atoms. The second kappa shape index (κ2) is 5.50. The van der Waals surface area contributed by atoms with Gasteiger partial charge in [0.05, 0.1) is 6.54 Å². The molecule has 1 atom stereocenters. The van der Waals surface area contributed by atoms with Crippen molar-refractivity contribution in [1.29, 1.82) is 0 Å². The van der Waals surface area contributed by atoms with Crippen LogP contribution in [-0.4, -0.2) is 30.8 Å². The lowest BCUT2D eigenvalue weighted by molar-refractivity contribution is -0.123. The highest BCUT2D eigenvalue weighted by Gasteiger charge is 2.17. The zero-order chi connectivity index (χ0) is 11.4. The highest BCUT2D eigenvalue weighted by molar-refractivity contribution is 5.82. The largest absolute Gasteiger partial charge is 0.299 e. The number of hydrogen-bond acceptors (Lipinski definition) is 2. The molecule has 0 rings (SSSR count). The maximum absolute atomic E-state index is 11.6. The lowest BCUT2D eigenvalue weighted by Gasteiger charge is -2.26. The van der Waals surface area contributed by atoms with Gasteiger partial charge in [0.2, 0.25) is 0 Å². The van der Waals surface area contributed by atoms with Gasteiger partial charge in [-0.3, -0.25) is 9.69 Å². The van der Waals surface area contributed by atoms with Crippen LogP contribution in [0.4, 0.5) is 0 Å². The molecule has 0 aromatic heterocycles. The van der Waals surface area contributed by atoms with E-state index >= 15 is 0 Å². The molecule has 0 fully saturated rings. The minimum Gasteiger partial charge on any atom is -0.299 e. The summed E-state index contributed by atoms with van der Waals surface area (Å²) >= 11 is 0. The van der Waals surface area contributed by atoms with Crippen molar-refractivity contribution in [2.45, 2.75) is 41.0 Å². The van der Waals surface area contributed by atoms with Gasteiger partial charge in [0.1, 0.15) is 5.78 Å². The monoisotopic (exact) mass is 199 g/mol. The third-order valence-electron chi connectivity index (χ3n) is 2.33. The Morgan fingerprint density at radius 2 is 1.86 bits per heavy atom. The van der Waals surface area contributed by atoms with Crippen LogP contribution in [0.2, 0.25) is 0 Å². The smallest absolute Gasteiger partial charge is 0.149 e. The van der Waals surface area contributed by atoms with Crippen molar-refractivity contribution in [2.24, 2.45) is 11.3 Å². The quantitative estimate of drug-likeness (QED) is 0.678. The molecular weight excluding hydrogens is 174 g/mol. The number of nitrogens with zero attached hydrogens (tertiary/aromatic N) is 1. The Kier molecular flexibility index (Phi) is 5.35. The maximum Gasteiger partial charge on any atom is 0.149 e. The predicted molar refractivity (Wildman–Crippen MR) is 61.4 cm³/mol. The summed E-state index contributed by atoms with van der Waals surface area (Å²) in [6.45, 7) is 12.2. The summed E-state index contributed by atoms with van der Waals surface area (Å²) in [5.41, 5.74) is 0.268. The van der Waals surface area contributed by atoms with E-state index in [-0.39, 0.29) is 11.3 Å². The molecule has 0 aromatic carbocycles. The third-order valence-corrected chi connectivity index (χ3v) is 2.33. The highest BCUT2D eigenvalue weighted by Crippen LogP contribution is 2.14. The molecule has 0 spiro atoms. The Balaban J connectivity index is 3.95. The SMILES string of the molecule is CCC(C)C(=O)CN(C)CC(C)(C)C. The second-order valence-corrected chi connectivity index (χ2v) is 5.51. The van der Waals surface area contributed by atoms with E-state index in [0.717, 1.165) is 13.0 Å². The van der Waals surface area contributed by atoms with Gasteiger partial charge in [-0.15, -0.1) is 0 Å². The number of ketones is 1. The molecule has 0 radical (unpaired) electrons. The van der Waals surface area contributed by atoms with Crippen LogP contribution in [0, 0.1) is 11.3 Å². The molecule has 84 valence electrons. The molecule has 0 aliphatic rings. The summed E-state index contributed by atoms with van der Waals surface area (Å²) in [7, 11) is 2.02.